The van der Waals surface area contributed by atoms with E-state index < -0.39 is 10.0 Å². The fourth-order valence-corrected chi connectivity index (χ4v) is 4.12. The number of nitrogens with zero attached hydrogens (tertiary/aromatic N) is 3. The molecule has 3 rings (SSSR count). The highest BCUT2D eigenvalue weighted by molar-refractivity contribution is 7.88. The average Bonchev–Trinajstić information content (AvgIpc) is 2.61. The van der Waals surface area contributed by atoms with E-state index in [2.05, 4.69) is 10.3 Å². The van der Waals surface area contributed by atoms with Gasteiger partial charge in [-0.05, 0) is 29.7 Å². The molecule has 144 valence electrons. The highest BCUT2D eigenvalue weighted by atomic mass is 32.2. The molecule has 1 fully saturated rings. The van der Waals surface area contributed by atoms with Crippen LogP contribution in [0.1, 0.15) is 11.1 Å². The molecule has 1 aromatic carbocycles. The van der Waals surface area contributed by atoms with E-state index in [0.717, 1.165) is 12.0 Å². The standard InChI is InChI=1S/C19H24N4O3S/c1-27(25,26)23(13-17-7-10-20-11-8-17)18-14-22(15-18)19(24)21-12-9-16-5-3-2-4-6-16/h2-8,10-11,18H,9,12-15H2,1H3,(H,21,24). The first-order valence-electron chi connectivity index (χ1n) is 8.86. The van der Waals surface area contributed by atoms with Gasteiger partial charge in [0, 0.05) is 38.6 Å². The summed E-state index contributed by atoms with van der Waals surface area (Å²) in [4.78, 5) is 17.8. The Morgan fingerprint density at radius 2 is 1.81 bits per heavy atom. The number of pyridine rings is 1. The normalized spacial score (nSPS) is 14.8. The summed E-state index contributed by atoms with van der Waals surface area (Å²) in [5.74, 6) is 0. The van der Waals surface area contributed by atoms with Gasteiger partial charge in [-0.2, -0.15) is 4.31 Å². The maximum absolute atomic E-state index is 12.2. The van der Waals surface area contributed by atoms with Crippen molar-refractivity contribution in [3.63, 3.8) is 0 Å². The van der Waals surface area contributed by atoms with E-state index in [9.17, 15) is 13.2 Å². The van der Waals surface area contributed by atoms with Crippen LogP contribution in [0, 0.1) is 0 Å². The minimum absolute atomic E-state index is 0.153. The highest BCUT2D eigenvalue weighted by Crippen LogP contribution is 2.20. The van der Waals surface area contributed by atoms with Crippen molar-refractivity contribution in [3.8, 4) is 0 Å². The summed E-state index contributed by atoms with van der Waals surface area (Å²) >= 11 is 0. The topological polar surface area (TPSA) is 82.6 Å². The van der Waals surface area contributed by atoms with E-state index >= 15 is 0 Å². The third-order valence-electron chi connectivity index (χ3n) is 4.60. The van der Waals surface area contributed by atoms with Gasteiger partial charge in [-0.3, -0.25) is 4.98 Å². The second-order valence-electron chi connectivity index (χ2n) is 6.69. The quantitative estimate of drug-likeness (QED) is 0.779. The second-order valence-corrected chi connectivity index (χ2v) is 8.63. The molecule has 1 aliphatic heterocycles. The number of carbonyl (C=O) groups is 1. The molecule has 2 heterocycles. The van der Waals surface area contributed by atoms with Gasteiger partial charge in [0.2, 0.25) is 10.0 Å². The maximum atomic E-state index is 12.2. The number of benzene rings is 1. The Bertz CT molecular complexity index is 853. The SMILES string of the molecule is CS(=O)(=O)N(Cc1ccncc1)C1CN(C(=O)NCCc2ccccc2)C1. The summed E-state index contributed by atoms with van der Waals surface area (Å²) in [6, 6.07) is 13.2. The Morgan fingerprint density at radius 3 is 2.44 bits per heavy atom. The molecule has 2 aromatic rings. The van der Waals surface area contributed by atoms with Crippen molar-refractivity contribution in [2.75, 3.05) is 25.9 Å². The summed E-state index contributed by atoms with van der Waals surface area (Å²) in [6.07, 6.45) is 5.25. The molecule has 7 nitrogen and oxygen atoms in total. The second kappa shape index (κ2) is 8.49. The predicted molar refractivity (Wildman–Crippen MR) is 104 cm³/mol. The van der Waals surface area contributed by atoms with Crippen LogP contribution in [0.2, 0.25) is 0 Å². The van der Waals surface area contributed by atoms with Gasteiger partial charge in [-0.15, -0.1) is 0 Å². The Kier molecular flexibility index (Phi) is 6.08. The number of likely N-dealkylation sites (tertiary alicyclic amines) is 1. The summed E-state index contributed by atoms with van der Waals surface area (Å²) in [7, 11) is -3.37. The molecule has 1 aliphatic rings. The Labute approximate surface area is 160 Å². The lowest BCUT2D eigenvalue weighted by atomic mass is 10.1. The van der Waals surface area contributed by atoms with Crippen molar-refractivity contribution in [1.29, 1.82) is 0 Å². The monoisotopic (exact) mass is 388 g/mol. The van der Waals surface area contributed by atoms with Crippen LogP contribution in [0.15, 0.2) is 54.9 Å². The maximum Gasteiger partial charge on any atom is 0.317 e. The molecule has 0 spiro atoms. The lowest BCUT2D eigenvalue weighted by Crippen LogP contribution is -2.63. The first kappa shape index (κ1) is 19.3. The molecule has 0 radical (unpaired) electrons. The molecule has 2 amide bonds. The number of carbonyl (C=O) groups excluding carboxylic acids is 1. The Morgan fingerprint density at radius 1 is 1.15 bits per heavy atom. The first-order chi connectivity index (χ1) is 12.9. The molecule has 0 bridgehead atoms. The lowest BCUT2D eigenvalue weighted by Gasteiger charge is -2.44. The zero-order chi connectivity index (χ0) is 19.3. The number of hydrogen-bond donors (Lipinski definition) is 1. The number of amides is 2. The van der Waals surface area contributed by atoms with Crippen LogP contribution < -0.4 is 5.32 Å². The van der Waals surface area contributed by atoms with Gasteiger partial charge in [0.1, 0.15) is 0 Å². The van der Waals surface area contributed by atoms with E-state index in [-0.39, 0.29) is 18.6 Å². The van der Waals surface area contributed by atoms with Crippen LogP contribution in [0.5, 0.6) is 0 Å². The number of sulfonamides is 1. The van der Waals surface area contributed by atoms with Gasteiger partial charge in [-0.25, -0.2) is 13.2 Å². The zero-order valence-corrected chi connectivity index (χ0v) is 16.1. The van der Waals surface area contributed by atoms with Gasteiger partial charge >= 0.3 is 6.03 Å². The Hall–Kier alpha value is -2.45. The van der Waals surface area contributed by atoms with Crippen LogP contribution in [0.4, 0.5) is 4.79 Å². The number of hydrogen-bond acceptors (Lipinski definition) is 4. The van der Waals surface area contributed by atoms with Gasteiger partial charge in [0.25, 0.3) is 0 Å². The minimum Gasteiger partial charge on any atom is -0.338 e. The van der Waals surface area contributed by atoms with Crippen molar-refractivity contribution in [2.24, 2.45) is 0 Å². The summed E-state index contributed by atoms with van der Waals surface area (Å²) in [6.45, 7) is 1.64. The van der Waals surface area contributed by atoms with Crippen molar-refractivity contribution in [3.05, 3.63) is 66.0 Å². The number of aromatic nitrogens is 1. The third-order valence-corrected chi connectivity index (χ3v) is 5.88. The van der Waals surface area contributed by atoms with E-state index in [0.29, 0.717) is 19.6 Å². The summed E-state index contributed by atoms with van der Waals surface area (Å²) in [5, 5.41) is 2.89. The predicted octanol–water partition coefficient (Wildman–Crippen LogP) is 1.48. The Balaban J connectivity index is 1.49. The first-order valence-corrected chi connectivity index (χ1v) is 10.7. The van der Waals surface area contributed by atoms with E-state index in [1.807, 2.05) is 30.3 Å². The molecular weight excluding hydrogens is 364 g/mol. The fraction of sp³-hybridized carbons (Fsp3) is 0.368. The van der Waals surface area contributed by atoms with Gasteiger partial charge in [-0.1, -0.05) is 30.3 Å². The molecule has 0 saturated carbocycles. The average molecular weight is 388 g/mol. The number of rotatable bonds is 7. The molecule has 1 aromatic heterocycles. The van der Waals surface area contributed by atoms with Gasteiger partial charge in [0.15, 0.2) is 0 Å². The molecule has 27 heavy (non-hydrogen) atoms. The molecule has 1 saturated heterocycles. The fourth-order valence-electron chi connectivity index (χ4n) is 3.06. The largest absolute Gasteiger partial charge is 0.338 e. The van der Waals surface area contributed by atoms with Crippen molar-refractivity contribution in [2.45, 2.75) is 19.0 Å². The lowest BCUT2D eigenvalue weighted by molar-refractivity contribution is 0.0986. The highest BCUT2D eigenvalue weighted by Gasteiger charge is 2.38. The van der Waals surface area contributed by atoms with Crippen molar-refractivity contribution < 1.29 is 13.2 Å². The van der Waals surface area contributed by atoms with E-state index in [1.54, 1.807) is 29.4 Å². The molecule has 1 N–H and O–H groups in total. The van der Waals surface area contributed by atoms with Crippen LogP contribution in [0.25, 0.3) is 0 Å². The molecular formula is C19H24N4O3S. The summed E-state index contributed by atoms with van der Waals surface area (Å²) in [5.41, 5.74) is 2.04. The third kappa shape index (κ3) is 5.27. The van der Waals surface area contributed by atoms with Crippen LogP contribution in [-0.4, -0.2) is 60.6 Å². The number of urea groups is 1. The van der Waals surface area contributed by atoms with Crippen molar-refractivity contribution >= 4 is 16.1 Å². The summed E-state index contributed by atoms with van der Waals surface area (Å²) < 4.78 is 25.8. The molecule has 8 heteroatoms. The molecule has 0 unspecified atom stereocenters. The number of nitrogens with one attached hydrogen (secondary N) is 1. The van der Waals surface area contributed by atoms with Crippen LogP contribution in [-0.2, 0) is 23.0 Å². The van der Waals surface area contributed by atoms with Crippen LogP contribution in [0.3, 0.4) is 0 Å². The van der Waals surface area contributed by atoms with Crippen LogP contribution >= 0.6 is 0 Å². The van der Waals surface area contributed by atoms with E-state index in [1.165, 1.54) is 16.1 Å². The minimum atomic E-state index is -3.37. The van der Waals surface area contributed by atoms with Gasteiger partial charge in [0.05, 0.1) is 12.3 Å². The van der Waals surface area contributed by atoms with E-state index in [4.69, 9.17) is 0 Å². The van der Waals surface area contributed by atoms with Crippen molar-refractivity contribution in [1.82, 2.24) is 19.5 Å². The van der Waals surface area contributed by atoms with Gasteiger partial charge < -0.3 is 10.2 Å². The zero-order valence-electron chi connectivity index (χ0n) is 15.3. The molecule has 0 atom stereocenters. The smallest absolute Gasteiger partial charge is 0.317 e. The molecule has 0 aliphatic carbocycles.